The van der Waals surface area contributed by atoms with Crippen LogP contribution in [0.5, 0.6) is 0 Å². The number of nitrogens with zero attached hydrogens (tertiary/aromatic N) is 1. The van der Waals surface area contributed by atoms with Crippen LogP contribution in [0.4, 0.5) is 0 Å². The summed E-state index contributed by atoms with van der Waals surface area (Å²) in [6.07, 6.45) is 6.04. The van der Waals surface area contributed by atoms with Crippen LogP contribution in [0.25, 0.3) is 0 Å². The average molecular weight is 217 g/mol. The monoisotopic (exact) mass is 217 g/mol. The van der Waals surface area contributed by atoms with E-state index in [9.17, 15) is 0 Å². The zero-order valence-electron chi connectivity index (χ0n) is 11.1. The molecule has 1 heterocycles. The van der Waals surface area contributed by atoms with Gasteiger partial charge in [0.2, 0.25) is 0 Å². The molecule has 2 atom stereocenters. The lowest BCUT2D eigenvalue weighted by molar-refractivity contribution is 0.266. The van der Waals surface area contributed by atoms with Gasteiger partial charge in [-0.05, 0) is 43.7 Å². The Morgan fingerprint density at radius 2 is 1.81 bits per heavy atom. The third-order valence-electron chi connectivity index (χ3n) is 4.32. The van der Waals surface area contributed by atoms with Crippen LogP contribution >= 0.6 is 0 Å². The van der Waals surface area contributed by atoms with Crippen molar-refractivity contribution >= 4 is 0 Å². The van der Waals surface area contributed by atoms with Crippen molar-refractivity contribution in [3.05, 3.63) is 35.7 Å². The molecule has 88 valence electrons. The molecule has 0 saturated carbocycles. The van der Waals surface area contributed by atoms with E-state index in [1.54, 1.807) is 0 Å². The average Bonchev–Trinajstić information content (AvgIpc) is 2.72. The second-order valence-corrected chi connectivity index (χ2v) is 5.78. The van der Waals surface area contributed by atoms with Gasteiger partial charge in [-0.3, -0.25) is 0 Å². The van der Waals surface area contributed by atoms with Crippen molar-refractivity contribution in [2.75, 3.05) is 0 Å². The number of aryl methyl sites for hydroxylation is 2. The van der Waals surface area contributed by atoms with Gasteiger partial charge in [0.05, 0.1) is 6.04 Å². The summed E-state index contributed by atoms with van der Waals surface area (Å²) in [4.78, 5) is 0. The van der Waals surface area contributed by atoms with Crippen LogP contribution in [0.15, 0.2) is 24.3 Å². The SMILES string of the molecule is Cc1ccc(C)n1[C@@H]1C=C[C@@](C)(C(C)C)C1. The minimum Gasteiger partial charge on any atom is -0.342 e. The first-order valence-electron chi connectivity index (χ1n) is 6.28. The Balaban J connectivity index is 2.26. The van der Waals surface area contributed by atoms with E-state index in [-0.39, 0.29) is 0 Å². The van der Waals surface area contributed by atoms with Crippen molar-refractivity contribution in [3.8, 4) is 0 Å². The third kappa shape index (κ3) is 1.73. The minimum atomic E-state index is 0.369. The van der Waals surface area contributed by atoms with E-state index in [0.29, 0.717) is 17.4 Å². The van der Waals surface area contributed by atoms with E-state index in [1.807, 2.05) is 0 Å². The van der Waals surface area contributed by atoms with E-state index < -0.39 is 0 Å². The lowest BCUT2D eigenvalue weighted by atomic mass is 9.78. The molecule has 0 saturated heterocycles. The number of hydrogen-bond acceptors (Lipinski definition) is 0. The molecule has 0 spiro atoms. The molecule has 0 unspecified atom stereocenters. The summed E-state index contributed by atoms with van der Waals surface area (Å²) in [5.74, 6) is 0.713. The second kappa shape index (κ2) is 3.80. The molecule has 0 N–H and O–H groups in total. The Morgan fingerprint density at radius 1 is 1.25 bits per heavy atom. The first-order chi connectivity index (χ1) is 7.44. The van der Waals surface area contributed by atoms with Gasteiger partial charge in [-0.2, -0.15) is 0 Å². The number of rotatable bonds is 2. The van der Waals surface area contributed by atoms with Gasteiger partial charge in [-0.15, -0.1) is 0 Å². The highest BCUT2D eigenvalue weighted by atomic mass is 15.0. The number of hydrogen-bond donors (Lipinski definition) is 0. The van der Waals surface area contributed by atoms with Crippen LogP contribution in [0.3, 0.4) is 0 Å². The largest absolute Gasteiger partial charge is 0.342 e. The highest BCUT2D eigenvalue weighted by Crippen LogP contribution is 2.44. The molecule has 1 heteroatoms. The van der Waals surface area contributed by atoms with Crippen molar-refractivity contribution in [1.29, 1.82) is 0 Å². The normalized spacial score (nSPS) is 29.2. The van der Waals surface area contributed by atoms with Crippen LogP contribution in [0.1, 0.15) is 44.6 Å². The zero-order valence-corrected chi connectivity index (χ0v) is 11.1. The molecule has 0 aliphatic heterocycles. The minimum absolute atomic E-state index is 0.369. The van der Waals surface area contributed by atoms with Crippen molar-refractivity contribution in [3.63, 3.8) is 0 Å². The molecule has 1 nitrogen and oxygen atoms in total. The topological polar surface area (TPSA) is 4.93 Å². The van der Waals surface area contributed by atoms with Gasteiger partial charge in [0.15, 0.2) is 0 Å². The van der Waals surface area contributed by atoms with Crippen molar-refractivity contribution in [2.24, 2.45) is 11.3 Å². The van der Waals surface area contributed by atoms with Gasteiger partial charge in [0.25, 0.3) is 0 Å². The van der Waals surface area contributed by atoms with Gasteiger partial charge < -0.3 is 4.57 Å². The van der Waals surface area contributed by atoms with Gasteiger partial charge >= 0.3 is 0 Å². The summed E-state index contributed by atoms with van der Waals surface area (Å²) in [6.45, 7) is 11.4. The van der Waals surface area contributed by atoms with Crippen LogP contribution in [0, 0.1) is 25.2 Å². The lowest BCUT2D eigenvalue weighted by Crippen LogP contribution is -2.21. The molecular formula is C15H23N. The molecule has 0 fully saturated rings. The van der Waals surface area contributed by atoms with Crippen molar-refractivity contribution in [1.82, 2.24) is 4.57 Å². The molecule has 0 aromatic carbocycles. The Kier molecular flexibility index (Phi) is 2.73. The zero-order chi connectivity index (χ0) is 11.9. The number of allylic oxidation sites excluding steroid dienone is 2. The molecule has 2 rings (SSSR count). The fraction of sp³-hybridized carbons (Fsp3) is 0.600. The predicted molar refractivity (Wildman–Crippen MR) is 69.6 cm³/mol. The first-order valence-corrected chi connectivity index (χ1v) is 6.28. The molecule has 1 aliphatic carbocycles. The summed E-state index contributed by atoms with van der Waals surface area (Å²) in [5.41, 5.74) is 3.12. The highest BCUT2D eigenvalue weighted by Gasteiger charge is 2.34. The van der Waals surface area contributed by atoms with Gasteiger partial charge in [-0.1, -0.05) is 32.9 Å². The van der Waals surface area contributed by atoms with E-state index in [2.05, 4.69) is 63.5 Å². The smallest absolute Gasteiger partial charge is 0.0524 e. The fourth-order valence-electron chi connectivity index (χ4n) is 2.73. The Bertz CT molecular complexity index is 392. The molecule has 0 amide bonds. The maximum Gasteiger partial charge on any atom is 0.0524 e. The summed E-state index contributed by atoms with van der Waals surface area (Å²) in [5, 5.41) is 0. The van der Waals surface area contributed by atoms with Crippen LogP contribution < -0.4 is 0 Å². The summed E-state index contributed by atoms with van der Waals surface area (Å²) in [7, 11) is 0. The molecule has 1 aromatic heterocycles. The Morgan fingerprint density at radius 3 is 2.25 bits per heavy atom. The molecular weight excluding hydrogens is 194 g/mol. The van der Waals surface area contributed by atoms with Gasteiger partial charge in [0, 0.05) is 11.4 Å². The molecule has 1 aliphatic rings. The maximum atomic E-state index is 2.46. The van der Waals surface area contributed by atoms with Gasteiger partial charge in [0.1, 0.15) is 0 Å². The standard InChI is InChI=1S/C15H23N/c1-11(2)15(5)9-8-14(10-15)16-12(3)6-7-13(16)4/h6-9,11,14H,10H2,1-5H3/t14-,15-/m1/s1. The van der Waals surface area contributed by atoms with E-state index >= 15 is 0 Å². The maximum absolute atomic E-state index is 2.46. The van der Waals surface area contributed by atoms with Gasteiger partial charge in [-0.25, -0.2) is 0 Å². The van der Waals surface area contributed by atoms with Crippen molar-refractivity contribution in [2.45, 2.75) is 47.1 Å². The summed E-state index contributed by atoms with van der Waals surface area (Å²) >= 11 is 0. The van der Waals surface area contributed by atoms with E-state index in [0.717, 1.165) is 0 Å². The van der Waals surface area contributed by atoms with Crippen LogP contribution in [0.2, 0.25) is 0 Å². The predicted octanol–water partition coefficient (Wildman–Crippen LogP) is 4.27. The Hall–Kier alpha value is -0.980. The second-order valence-electron chi connectivity index (χ2n) is 5.78. The molecule has 1 aromatic rings. The van der Waals surface area contributed by atoms with Crippen LogP contribution in [-0.2, 0) is 0 Å². The van der Waals surface area contributed by atoms with Crippen molar-refractivity contribution < 1.29 is 0 Å². The van der Waals surface area contributed by atoms with E-state index in [1.165, 1.54) is 17.8 Å². The molecule has 0 radical (unpaired) electrons. The van der Waals surface area contributed by atoms with E-state index in [4.69, 9.17) is 0 Å². The Labute approximate surface area is 99.2 Å². The molecule has 16 heavy (non-hydrogen) atoms. The third-order valence-corrected chi connectivity index (χ3v) is 4.32. The van der Waals surface area contributed by atoms with Crippen LogP contribution in [-0.4, -0.2) is 4.57 Å². The summed E-state index contributed by atoms with van der Waals surface area (Å²) < 4.78 is 2.46. The highest BCUT2D eigenvalue weighted by molar-refractivity contribution is 5.21. The quantitative estimate of drug-likeness (QED) is 0.652. The fourth-order valence-corrected chi connectivity index (χ4v) is 2.73. The molecule has 0 bridgehead atoms. The summed E-state index contributed by atoms with van der Waals surface area (Å²) in [6, 6.07) is 4.99. The number of aromatic nitrogens is 1. The lowest BCUT2D eigenvalue weighted by Gasteiger charge is -2.29. The first kappa shape index (κ1) is 11.5.